The van der Waals surface area contributed by atoms with Crippen molar-refractivity contribution in [3.8, 4) is 0 Å². The van der Waals surface area contributed by atoms with Gasteiger partial charge in [0.2, 0.25) is 11.9 Å². The van der Waals surface area contributed by atoms with Gasteiger partial charge < -0.3 is 9.47 Å². The highest BCUT2D eigenvalue weighted by Crippen LogP contribution is 2.12. The number of aromatic nitrogens is 4. The molecule has 1 amide bonds. The molecule has 0 aliphatic carbocycles. The number of aromatic amines is 1. The Kier molecular flexibility index (Phi) is 28.0. The van der Waals surface area contributed by atoms with E-state index in [-0.39, 0.29) is 43.3 Å². The molecule has 2 rings (SSSR count). The van der Waals surface area contributed by atoms with Crippen LogP contribution in [-0.2, 0) is 25.8 Å². The third-order valence-corrected chi connectivity index (χ3v) is 9.14. The van der Waals surface area contributed by atoms with Crippen molar-refractivity contribution in [3.05, 3.63) is 65.3 Å². The number of fused-ring (bicyclic) bond motifs is 1. The van der Waals surface area contributed by atoms with Gasteiger partial charge in [0, 0.05) is 12.8 Å². The average molecular weight is 750 g/mol. The zero-order chi connectivity index (χ0) is 38.7. The fraction of sp³-hybridized carbons (Fsp3) is 0.659. The van der Waals surface area contributed by atoms with Crippen molar-refractivity contribution < 1.29 is 19.1 Å². The Labute approximate surface area is 325 Å². The Morgan fingerprint density at radius 2 is 1.20 bits per heavy atom. The van der Waals surface area contributed by atoms with Crippen molar-refractivity contribution in [3.63, 3.8) is 0 Å². The van der Waals surface area contributed by atoms with Crippen molar-refractivity contribution in [1.82, 2.24) is 19.5 Å². The van der Waals surface area contributed by atoms with E-state index in [2.05, 4.69) is 82.7 Å². The monoisotopic (exact) mass is 750 g/mol. The minimum atomic E-state index is -0.437. The van der Waals surface area contributed by atoms with E-state index in [4.69, 9.17) is 9.47 Å². The number of amides is 1. The SMILES string of the molecule is CCCCC/C=C\C/C=C\CCCCCCCC(=O)Nc1nc2c(ncn2COCCOC(=O)CCCCCCC/C=C\C/C=C\CCCCC)c(=O)[nH]1. The molecule has 2 heterocycles. The topological polar surface area (TPSA) is 128 Å². The summed E-state index contributed by atoms with van der Waals surface area (Å²) in [4.78, 5) is 48.4. The molecule has 0 atom stereocenters. The lowest BCUT2D eigenvalue weighted by Gasteiger charge is -2.08. The van der Waals surface area contributed by atoms with Gasteiger partial charge in [-0.05, 0) is 77.0 Å². The highest BCUT2D eigenvalue weighted by atomic mass is 16.6. The number of unbranched alkanes of at least 4 members (excludes halogenated alkanes) is 16. The number of H-pyrrole nitrogens is 1. The summed E-state index contributed by atoms with van der Waals surface area (Å²) in [5, 5.41) is 2.71. The van der Waals surface area contributed by atoms with E-state index in [9.17, 15) is 14.4 Å². The predicted octanol–water partition coefficient (Wildman–Crippen LogP) is 11.2. The van der Waals surface area contributed by atoms with E-state index in [0.717, 1.165) is 77.0 Å². The summed E-state index contributed by atoms with van der Waals surface area (Å²) in [5.41, 5.74) is 0.0342. The maximum absolute atomic E-state index is 12.6. The van der Waals surface area contributed by atoms with Gasteiger partial charge in [-0.3, -0.25) is 29.3 Å². The van der Waals surface area contributed by atoms with E-state index >= 15 is 0 Å². The number of esters is 1. The van der Waals surface area contributed by atoms with E-state index in [1.54, 1.807) is 4.57 Å². The fourth-order valence-electron chi connectivity index (χ4n) is 5.93. The van der Waals surface area contributed by atoms with Crippen LogP contribution in [0, 0.1) is 0 Å². The first-order valence-corrected chi connectivity index (χ1v) is 21.1. The van der Waals surface area contributed by atoms with Gasteiger partial charge in [0.1, 0.15) is 13.3 Å². The van der Waals surface area contributed by atoms with Crippen molar-refractivity contribution >= 4 is 29.0 Å². The second kappa shape index (κ2) is 32.6. The molecule has 2 aromatic heterocycles. The number of allylic oxidation sites excluding steroid dienone is 8. The van der Waals surface area contributed by atoms with Crippen LogP contribution in [0.25, 0.3) is 11.2 Å². The molecule has 0 spiro atoms. The number of rotatable bonds is 34. The maximum atomic E-state index is 12.6. The highest BCUT2D eigenvalue weighted by molar-refractivity contribution is 5.89. The second-order valence-electron chi connectivity index (χ2n) is 14.1. The van der Waals surface area contributed by atoms with Crippen LogP contribution >= 0.6 is 0 Å². The zero-order valence-corrected chi connectivity index (χ0v) is 33.7. The molecule has 54 heavy (non-hydrogen) atoms. The molecule has 10 heteroatoms. The Hall–Kier alpha value is -3.79. The summed E-state index contributed by atoms with van der Waals surface area (Å²) >= 11 is 0. The number of anilines is 1. The summed E-state index contributed by atoms with van der Waals surface area (Å²) in [6, 6.07) is 0. The fourth-order valence-corrected chi connectivity index (χ4v) is 5.93. The van der Waals surface area contributed by atoms with Crippen molar-refractivity contribution in [2.24, 2.45) is 0 Å². The van der Waals surface area contributed by atoms with Crippen LogP contribution in [0.4, 0.5) is 5.95 Å². The molecule has 0 fully saturated rings. The van der Waals surface area contributed by atoms with Crippen molar-refractivity contribution in [2.75, 3.05) is 18.5 Å². The van der Waals surface area contributed by atoms with Gasteiger partial charge in [0.05, 0.1) is 12.9 Å². The summed E-state index contributed by atoms with van der Waals surface area (Å²) < 4.78 is 12.6. The third-order valence-electron chi connectivity index (χ3n) is 9.14. The molecule has 0 unspecified atom stereocenters. The molecule has 0 aromatic carbocycles. The molecule has 0 saturated heterocycles. The molecule has 0 saturated carbocycles. The number of ether oxygens (including phenoxy) is 2. The summed E-state index contributed by atoms with van der Waals surface area (Å²) in [7, 11) is 0. The van der Waals surface area contributed by atoms with Gasteiger partial charge in [-0.2, -0.15) is 4.98 Å². The minimum absolute atomic E-state index is 0.0782. The molecular weight excluding hydrogens is 679 g/mol. The van der Waals surface area contributed by atoms with Crippen LogP contribution in [-0.4, -0.2) is 44.6 Å². The number of nitrogens with zero attached hydrogens (tertiary/aromatic N) is 3. The van der Waals surface area contributed by atoms with Crippen LogP contribution in [0.15, 0.2) is 59.7 Å². The van der Waals surface area contributed by atoms with E-state index in [1.165, 1.54) is 70.5 Å². The maximum Gasteiger partial charge on any atom is 0.305 e. The lowest BCUT2D eigenvalue weighted by Crippen LogP contribution is -2.19. The third kappa shape index (κ3) is 23.8. The number of hydrogen-bond donors (Lipinski definition) is 2. The second-order valence-corrected chi connectivity index (χ2v) is 14.1. The zero-order valence-electron chi connectivity index (χ0n) is 33.7. The van der Waals surface area contributed by atoms with Crippen LogP contribution < -0.4 is 10.9 Å². The van der Waals surface area contributed by atoms with Crippen molar-refractivity contribution in [2.45, 2.75) is 175 Å². The average Bonchev–Trinajstić information content (AvgIpc) is 3.57. The normalized spacial score (nSPS) is 12.0. The lowest BCUT2D eigenvalue weighted by atomic mass is 10.1. The largest absolute Gasteiger partial charge is 0.463 e. The van der Waals surface area contributed by atoms with E-state index in [0.29, 0.717) is 18.5 Å². The molecular formula is C44H71N5O5. The van der Waals surface area contributed by atoms with Gasteiger partial charge in [0.25, 0.3) is 5.56 Å². The van der Waals surface area contributed by atoms with Gasteiger partial charge in [-0.15, -0.1) is 0 Å². The molecule has 0 aliphatic heterocycles. The van der Waals surface area contributed by atoms with Crippen molar-refractivity contribution in [1.29, 1.82) is 0 Å². The quantitative estimate of drug-likeness (QED) is 0.0414. The van der Waals surface area contributed by atoms with Crippen LogP contribution in [0.1, 0.15) is 168 Å². The van der Waals surface area contributed by atoms with Gasteiger partial charge in [0.15, 0.2) is 11.2 Å². The summed E-state index contributed by atoms with van der Waals surface area (Å²) in [5.74, 6) is -0.318. The van der Waals surface area contributed by atoms with Gasteiger partial charge >= 0.3 is 5.97 Å². The van der Waals surface area contributed by atoms with Crippen LogP contribution in [0.2, 0.25) is 0 Å². The van der Waals surface area contributed by atoms with Gasteiger partial charge in [-0.25, -0.2) is 4.98 Å². The summed E-state index contributed by atoms with van der Waals surface area (Å²) in [6.45, 7) is 4.89. The minimum Gasteiger partial charge on any atom is -0.463 e. The lowest BCUT2D eigenvalue weighted by molar-refractivity contribution is -0.145. The predicted molar refractivity (Wildman–Crippen MR) is 222 cm³/mol. The van der Waals surface area contributed by atoms with Crippen LogP contribution in [0.3, 0.4) is 0 Å². The first kappa shape index (κ1) is 46.4. The van der Waals surface area contributed by atoms with E-state index in [1.807, 2.05) is 0 Å². The number of nitrogens with one attached hydrogen (secondary N) is 2. The molecule has 2 aromatic rings. The Balaban J connectivity index is 1.51. The molecule has 0 radical (unpaired) electrons. The van der Waals surface area contributed by atoms with E-state index < -0.39 is 5.56 Å². The summed E-state index contributed by atoms with van der Waals surface area (Å²) in [6.07, 6.45) is 45.3. The first-order chi connectivity index (χ1) is 26.5. The molecule has 10 nitrogen and oxygen atoms in total. The molecule has 0 bridgehead atoms. The number of carbonyl (C=O) groups is 2. The number of carbonyl (C=O) groups excluding carboxylic acids is 2. The number of imidazole rings is 1. The smallest absolute Gasteiger partial charge is 0.305 e. The first-order valence-electron chi connectivity index (χ1n) is 21.1. The highest BCUT2D eigenvalue weighted by Gasteiger charge is 2.12. The molecule has 302 valence electrons. The van der Waals surface area contributed by atoms with Gasteiger partial charge in [-0.1, -0.05) is 127 Å². The molecule has 2 N–H and O–H groups in total. The Morgan fingerprint density at radius 3 is 1.78 bits per heavy atom. The number of hydrogen-bond acceptors (Lipinski definition) is 7. The van der Waals surface area contributed by atoms with Crippen LogP contribution in [0.5, 0.6) is 0 Å². The Morgan fingerprint density at radius 1 is 0.685 bits per heavy atom. The Bertz CT molecular complexity index is 1440. The standard InChI is InChI=1S/C44H71N5O5/c1-3-5-7-9-11-13-15-17-19-21-23-25-27-29-31-33-39(50)46-44-47-42-41(43(52)48-44)45-37-49(42)38-53-35-36-54-40(51)34-32-30-28-26-24-22-20-18-16-14-12-10-8-6-4-2/h11-14,17-20,37H,3-10,15-16,21-36,38H2,1-2H3,(H2,46,47,48,50,52)/b13-11-,14-12-,19-17-,20-18-. The molecule has 0 aliphatic rings.